The van der Waals surface area contributed by atoms with Crippen molar-refractivity contribution in [2.75, 3.05) is 11.9 Å². The number of anilines is 1. The van der Waals surface area contributed by atoms with E-state index in [1.54, 1.807) is 0 Å². The maximum Gasteiger partial charge on any atom is 0.119 e. The first-order chi connectivity index (χ1) is 10.4. The Labute approximate surface area is 124 Å². The van der Waals surface area contributed by atoms with Crippen molar-refractivity contribution in [1.82, 2.24) is 9.61 Å². The summed E-state index contributed by atoms with van der Waals surface area (Å²) in [6.45, 7) is 3.62. The highest BCUT2D eigenvalue weighted by Gasteiger charge is 2.03. The smallest absolute Gasteiger partial charge is 0.119 e. The molecule has 0 atom stereocenters. The second-order valence-electron chi connectivity index (χ2n) is 4.93. The topological polar surface area (TPSA) is 38.6 Å². The van der Waals surface area contributed by atoms with Crippen LogP contribution in [0.15, 0.2) is 54.9 Å². The van der Waals surface area contributed by atoms with Gasteiger partial charge in [-0.05, 0) is 42.8 Å². The van der Waals surface area contributed by atoms with Gasteiger partial charge in [0.2, 0.25) is 0 Å². The van der Waals surface area contributed by atoms with Gasteiger partial charge in [-0.2, -0.15) is 5.10 Å². The van der Waals surface area contributed by atoms with Crippen molar-refractivity contribution in [2.24, 2.45) is 0 Å². The van der Waals surface area contributed by atoms with Crippen molar-refractivity contribution in [3.05, 3.63) is 60.4 Å². The molecule has 0 aliphatic carbocycles. The SMILES string of the molecule is CCCOc1ccc(NCc2cnn3ccccc23)cc1. The van der Waals surface area contributed by atoms with Gasteiger partial charge in [0.1, 0.15) is 5.75 Å². The van der Waals surface area contributed by atoms with Crippen molar-refractivity contribution >= 4 is 11.2 Å². The van der Waals surface area contributed by atoms with E-state index in [0.29, 0.717) is 0 Å². The van der Waals surface area contributed by atoms with Crippen molar-refractivity contribution in [3.8, 4) is 5.75 Å². The van der Waals surface area contributed by atoms with Crippen LogP contribution in [-0.2, 0) is 6.54 Å². The van der Waals surface area contributed by atoms with Gasteiger partial charge in [0.25, 0.3) is 0 Å². The first-order valence-electron chi connectivity index (χ1n) is 7.25. The molecule has 0 saturated heterocycles. The summed E-state index contributed by atoms with van der Waals surface area (Å²) in [6, 6.07) is 14.1. The summed E-state index contributed by atoms with van der Waals surface area (Å²) in [5.74, 6) is 0.915. The molecule has 1 aromatic carbocycles. The van der Waals surface area contributed by atoms with Crippen molar-refractivity contribution in [2.45, 2.75) is 19.9 Å². The van der Waals surface area contributed by atoms with E-state index in [1.165, 1.54) is 5.56 Å². The zero-order chi connectivity index (χ0) is 14.5. The number of pyridine rings is 1. The van der Waals surface area contributed by atoms with Gasteiger partial charge >= 0.3 is 0 Å². The summed E-state index contributed by atoms with van der Waals surface area (Å²) in [6.07, 6.45) is 4.88. The summed E-state index contributed by atoms with van der Waals surface area (Å²) in [4.78, 5) is 0. The monoisotopic (exact) mass is 281 g/mol. The molecule has 0 unspecified atom stereocenters. The van der Waals surface area contributed by atoms with Crippen LogP contribution in [0, 0.1) is 0 Å². The standard InChI is InChI=1S/C17H19N3O/c1-2-11-21-16-8-6-15(7-9-16)18-12-14-13-19-20-10-4-3-5-17(14)20/h3-10,13,18H,2,11-12H2,1H3. The highest BCUT2D eigenvalue weighted by Crippen LogP contribution is 2.17. The van der Waals surface area contributed by atoms with Crippen LogP contribution < -0.4 is 10.1 Å². The Balaban J connectivity index is 1.64. The molecule has 0 amide bonds. The van der Waals surface area contributed by atoms with Crippen LogP contribution in [0.2, 0.25) is 0 Å². The lowest BCUT2D eigenvalue weighted by Gasteiger charge is -2.08. The molecule has 0 saturated carbocycles. The number of fused-ring (bicyclic) bond motifs is 1. The largest absolute Gasteiger partial charge is 0.494 e. The lowest BCUT2D eigenvalue weighted by atomic mass is 10.2. The molecule has 3 aromatic rings. The van der Waals surface area contributed by atoms with Crippen LogP contribution in [0.3, 0.4) is 0 Å². The van der Waals surface area contributed by atoms with Gasteiger partial charge in [0, 0.05) is 24.0 Å². The van der Waals surface area contributed by atoms with Gasteiger partial charge in [-0.3, -0.25) is 0 Å². The Morgan fingerprint density at radius 2 is 2.00 bits per heavy atom. The molecule has 0 aliphatic rings. The number of aromatic nitrogens is 2. The van der Waals surface area contributed by atoms with Crippen LogP contribution >= 0.6 is 0 Å². The molecule has 0 radical (unpaired) electrons. The predicted octanol–water partition coefficient (Wildman–Crippen LogP) is 3.74. The Hall–Kier alpha value is -2.49. The van der Waals surface area contributed by atoms with Gasteiger partial charge < -0.3 is 10.1 Å². The molecule has 1 N–H and O–H groups in total. The van der Waals surface area contributed by atoms with E-state index in [-0.39, 0.29) is 0 Å². The Morgan fingerprint density at radius 3 is 2.81 bits per heavy atom. The molecule has 0 aliphatic heterocycles. The number of hydrogen-bond donors (Lipinski definition) is 1. The van der Waals surface area contributed by atoms with Crippen LogP contribution in [0.4, 0.5) is 5.69 Å². The first-order valence-corrected chi connectivity index (χ1v) is 7.25. The minimum Gasteiger partial charge on any atom is -0.494 e. The number of hydrogen-bond acceptors (Lipinski definition) is 3. The third-order valence-corrected chi connectivity index (χ3v) is 3.32. The van der Waals surface area contributed by atoms with Crippen LogP contribution in [0.25, 0.3) is 5.52 Å². The normalized spacial score (nSPS) is 10.7. The molecule has 108 valence electrons. The maximum atomic E-state index is 5.58. The molecule has 4 heteroatoms. The molecule has 2 aromatic heterocycles. The van der Waals surface area contributed by atoms with Crippen molar-refractivity contribution in [1.29, 1.82) is 0 Å². The molecule has 2 heterocycles. The van der Waals surface area contributed by atoms with Crippen molar-refractivity contribution < 1.29 is 4.74 Å². The number of nitrogens with one attached hydrogen (secondary N) is 1. The quantitative estimate of drug-likeness (QED) is 0.748. The first kappa shape index (κ1) is 13.5. The average Bonchev–Trinajstić information content (AvgIpc) is 2.95. The molecule has 3 rings (SSSR count). The third kappa shape index (κ3) is 3.16. The number of benzene rings is 1. The fraction of sp³-hybridized carbons (Fsp3) is 0.235. The van der Waals surface area contributed by atoms with E-state index >= 15 is 0 Å². The van der Waals surface area contributed by atoms with Gasteiger partial charge in [-0.1, -0.05) is 13.0 Å². The van der Waals surface area contributed by atoms with Gasteiger partial charge in [0.15, 0.2) is 0 Å². The fourth-order valence-electron chi connectivity index (χ4n) is 2.21. The highest BCUT2D eigenvalue weighted by atomic mass is 16.5. The molecule has 0 bridgehead atoms. The van der Waals surface area contributed by atoms with Gasteiger partial charge in [0.05, 0.1) is 18.3 Å². The van der Waals surface area contributed by atoms with Crippen LogP contribution in [0.5, 0.6) is 5.75 Å². The molecular formula is C17H19N3O. The van der Waals surface area contributed by atoms with Crippen LogP contribution in [0.1, 0.15) is 18.9 Å². The summed E-state index contributed by atoms with van der Waals surface area (Å²) in [7, 11) is 0. The second kappa shape index (κ2) is 6.31. The third-order valence-electron chi connectivity index (χ3n) is 3.32. The molecule has 4 nitrogen and oxygen atoms in total. The zero-order valence-corrected chi connectivity index (χ0v) is 12.1. The molecular weight excluding hydrogens is 262 g/mol. The fourth-order valence-corrected chi connectivity index (χ4v) is 2.21. The van der Waals surface area contributed by atoms with Crippen molar-refractivity contribution in [3.63, 3.8) is 0 Å². The van der Waals surface area contributed by atoms with Crippen LogP contribution in [-0.4, -0.2) is 16.2 Å². The minimum absolute atomic E-state index is 0.753. The molecule has 0 spiro atoms. The summed E-state index contributed by atoms with van der Waals surface area (Å²) in [5.41, 5.74) is 3.39. The molecule has 21 heavy (non-hydrogen) atoms. The highest BCUT2D eigenvalue weighted by molar-refractivity contribution is 5.55. The van der Waals surface area contributed by atoms with Gasteiger partial charge in [-0.15, -0.1) is 0 Å². The Kier molecular flexibility index (Phi) is 4.05. The second-order valence-corrected chi connectivity index (χ2v) is 4.93. The minimum atomic E-state index is 0.753. The molecule has 0 fully saturated rings. The van der Waals surface area contributed by atoms with E-state index in [9.17, 15) is 0 Å². The van der Waals surface area contributed by atoms with Gasteiger partial charge in [-0.25, -0.2) is 4.52 Å². The number of nitrogens with zero attached hydrogens (tertiary/aromatic N) is 2. The van der Waals surface area contributed by atoms with E-state index in [4.69, 9.17) is 4.74 Å². The predicted molar refractivity (Wildman–Crippen MR) is 84.7 cm³/mol. The Morgan fingerprint density at radius 1 is 1.14 bits per heavy atom. The number of ether oxygens (including phenoxy) is 1. The summed E-state index contributed by atoms with van der Waals surface area (Å²) < 4.78 is 7.46. The van der Waals surface area contributed by atoms with E-state index in [2.05, 4.69) is 23.4 Å². The van der Waals surface area contributed by atoms with E-state index < -0.39 is 0 Å². The lowest BCUT2D eigenvalue weighted by Crippen LogP contribution is -1.99. The van der Waals surface area contributed by atoms with E-state index in [0.717, 1.165) is 36.5 Å². The number of rotatable bonds is 6. The zero-order valence-electron chi connectivity index (χ0n) is 12.1. The summed E-state index contributed by atoms with van der Waals surface area (Å²) >= 11 is 0. The maximum absolute atomic E-state index is 5.58. The van der Waals surface area contributed by atoms with E-state index in [1.807, 2.05) is 53.3 Å². The average molecular weight is 281 g/mol. The summed E-state index contributed by atoms with van der Waals surface area (Å²) in [5, 5.41) is 7.75. The lowest BCUT2D eigenvalue weighted by molar-refractivity contribution is 0.317. The Bertz CT molecular complexity index is 703.